The molecule has 0 bridgehead atoms. The maximum atomic E-state index is 3.74. The molecule has 1 heteroatoms. The minimum Gasteiger partial charge on any atom is -0.314 e. The molecule has 2 rings (SSSR count). The van der Waals surface area contributed by atoms with E-state index in [1.807, 2.05) is 0 Å². The fourth-order valence-electron chi connectivity index (χ4n) is 3.71. The predicted molar refractivity (Wildman–Crippen MR) is 65.9 cm³/mol. The van der Waals surface area contributed by atoms with Crippen molar-refractivity contribution >= 4 is 0 Å². The van der Waals surface area contributed by atoms with Gasteiger partial charge in [0.05, 0.1) is 0 Å². The van der Waals surface area contributed by atoms with Crippen LogP contribution in [-0.2, 0) is 0 Å². The Hall–Kier alpha value is -0.0400. The Balaban J connectivity index is 1.84. The molecule has 1 N–H and O–H groups in total. The fourth-order valence-corrected chi connectivity index (χ4v) is 3.71. The van der Waals surface area contributed by atoms with Gasteiger partial charge in [-0.15, -0.1) is 0 Å². The van der Waals surface area contributed by atoms with Gasteiger partial charge in [0.25, 0.3) is 0 Å². The van der Waals surface area contributed by atoms with Crippen LogP contribution in [-0.4, -0.2) is 12.6 Å². The molecule has 2 saturated carbocycles. The fraction of sp³-hybridized carbons (Fsp3) is 1.00. The van der Waals surface area contributed by atoms with E-state index in [1.165, 1.54) is 32.1 Å². The van der Waals surface area contributed by atoms with Crippen LogP contribution in [0.5, 0.6) is 0 Å². The summed E-state index contributed by atoms with van der Waals surface area (Å²) in [6.45, 7) is 8.13. The van der Waals surface area contributed by atoms with Crippen molar-refractivity contribution in [3.63, 3.8) is 0 Å². The molecule has 2 aliphatic carbocycles. The highest BCUT2D eigenvalue weighted by Crippen LogP contribution is 2.59. The maximum absolute atomic E-state index is 3.74. The van der Waals surface area contributed by atoms with E-state index in [1.54, 1.807) is 0 Å². The van der Waals surface area contributed by atoms with Crippen molar-refractivity contribution in [2.24, 2.45) is 23.7 Å². The molecule has 0 spiro atoms. The van der Waals surface area contributed by atoms with Gasteiger partial charge in [-0.05, 0) is 49.5 Å². The summed E-state index contributed by atoms with van der Waals surface area (Å²) in [7, 11) is 0. The molecule has 0 aromatic carbocycles. The lowest BCUT2D eigenvalue weighted by molar-refractivity contribution is 0.337. The third-order valence-corrected chi connectivity index (χ3v) is 4.76. The summed E-state index contributed by atoms with van der Waals surface area (Å²) in [4.78, 5) is 0. The van der Waals surface area contributed by atoms with Crippen molar-refractivity contribution in [3.8, 4) is 0 Å². The summed E-state index contributed by atoms with van der Waals surface area (Å²) in [5.41, 5.74) is 0. The average Bonchev–Trinajstić information content (AvgIpc) is 2.70. The van der Waals surface area contributed by atoms with Crippen LogP contribution >= 0.6 is 0 Å². The molecule has 0 heterocycles. The van der Waals surface area contributed by atoms with E-state index in [2.05, 4.69) is 26.1 Å². The van der Waals surface area contributed by atoms with Crippen molar-refractivity contribution in [1.82, 2.24) is 5.32 Å². The third kappa shape index (κ3) is 2.38. The molecule has 0 aliphatic heterocycles. The van der Waals surface area contributed by atoms with Crippen molar-refractivity contribution in [1.29, 1.82) is 0 Å². The lowest BCUT2D eigenvalue weighted by atomic mass is 9.93. The highest BCUT2D eigenvalue weighted by Gasteiger charge is 2.55. The van der Waals surface area contributed by atoms with Crippen LogP contribution in [0.1, 0.15) is 52.9 Å². The van der Waals surface area contributed by atoms with E-state index in [-0.39, 0.29) is 0 Å². The number of hydrogen-bond donors (Lipinski definition) is 1. The SMILES string of the molecule is CCNC(CC(C)CC)C1C2CCCC21. The highest BCUT2D eigenvalue weighted by atomic mass is 14.9. The van der Waals surface area contributed by atoms with Crippen LogP contribution < -0.4 is 5.32 Å². The summed E-state index contributed by atoms with van der Waals surface area (Å²) >= 11 is 0. The first-order valence-corrected chi connectivity index (χ1v) is 7.01. The van der Waals surface area contributed by atoms with Gasteiger partial charge in [0.15, 0.2) is 0 Å². The van der Waals surface area contributed by atoms with Gasteiger partial charge >= 0.3 is 0 Å². The summed E-state index contributed by atoms with van der Waals surface area (Å²) in [5.74, 6) is 4.17. The van der Waals surface area contributed by atoms with Gasteiger partial charge in [-0.2, -0.15) is 0 Å². The summed E-state index contributed by atoms with van der Waals surface area (Å²) in [6.07, 6.45) is 7.30. The van der Waals surface area contributed by atoms with E-state index in [0.29, 0.717) is 0 Å². The van der Waals surface area contributed by atoms with Crippen LogP contribution in [0.3, 0.4) is 0 Å². The topological polar surface area (TPSA) is 12.0 Å². The van der Waals surface area contributed by atoms with Gasteiger partial charge in [-0.25, -0.2) is 0 Å². The molecule has 2 fully saturated rings. The van der Waals surface area contributed by atoms with Crippen LogP contribution in [0.15, 0.2) is 0 Å². The Morgan fingerprint density at radius 3 is 2.40 bits per heavy atom. The number of nitrogens with one attached hydrogen (secondary N) is 1. The van der Waals surface area contributed by atoms with Crippen LogP contribution in [0.4, 0.5) is 0 Å². The first-order chi connectivity index (χ1) is 7.27. The molecule has 15 heavy (non-hydrogen) atoms. The third-order valence-electron chi connectivity index (χ3n) is 4.76. The Bertz CT molecular complexity index is 192. The van der Waals surface area contributed by atoms with Gasteiger partial charge in [-0.3, -0.25) is 0 Å². The van der Waals surface area contributed by atoms with Crippen molar-refractivity contribution in [3.05, 3.63) is 0 Å². The molecule has 0 amide bonds. The van der Waals surface area contributed by atoms with Crippen LogP contribution in [0, 0.1) is 23.7 Å². The Kier molecular flexibility index (Phi) is 3.71. The van der Waals surface area contributed by atoms with Crippen LogP contribution in [0.25, 0.3) is 0 Å². The summed E-state index contributed by atoms with van der Waals surface area (Å²) < 4.78 is 0. The molecule has 0 saturated heterocycles. The molecule has 2 aliphatic rings. The van der Waals surface area contributed by atoms with Crippen molar-refractivity contribution in [2.45, 2.75) is 58.9 Å². The first-order valence-electron chi connectivity index (χ1n) is 7.01. The zero-order valence-corrected chi connectivity index (χ0v) is 10.6. The second kappa shape index (κ2) is 4.86. The average molecular weight is 209 g/mol. The van der Waals surface area contributed by atoms with Gasteiger partial charge < -0.3 is 5.32 Å². The Labute approximate surface area is 95.0 Å². The molecular weight excluding hydrogens is 182 g/mol. The van der Waals surface area contributed by atoms with Gasteiger partial charge in [0.1, 0.15) is 0 Å². The zero-order valence-electron chi connectivity index (χ0n) is 10.6. The lowest BCUT2D eigenvalue weighted by Gasteiger charge is -2.22. The lowest BCUT2D eigenvalue weighted by Crippen LogP contribution is -2.34. The highest BCUT2D eigenvalue weighted by molar-refractivity contribution is 5.06. The molecule has 0 aromatic heterocycles. The molecule has 0 aromatic rings. The van der Waals surface area contributed by atoms with E-state index in [9.17, 15) is 0 Å². The largest absolute Gasteiger partial charge is 0.314 e. The second-order valence-corrected chi connectivity index (χ2v) is 5.75. The first kappa shape index (κ1) is 11.4. The van der Waals surface area contributed by atoms with Crippen molar-refractivity contribution < 1.29 is 0 Å². The number of hydrogen-bond acceptors (Lipinski definition) is 1. The molecule has 88 valence electrons. The molecular formula is C14H27N. The molecule has 4 atom stereocenters. The van der Waals surface area contributed by atoms with Gasteiger partial charge in [-0.1, -0.05) is 33.6 Å². The van der Waals surface area contributed by atoms with Gasteiger partial charge in [0.2, 0.25) is 0 Å². The smallest absolute Gasteiger partial charge is 0.0103 e. The quantitative estimate of drug-likeness (QED) is 0.706. The number of fused-ring (bicyclic) bond motifs is 1. The second-order valence-electron chi connectivity index (χ2n) is 5.75. The minimum atomic E-state index is 0.834. The normalized spacial score (nSPS) is 37.4. The van der Waals surface area contributed by atoms with Crippen molar-refractivity contribution in [2.75, 3.05) is 6.54 Å². The van der Waals surface area contributed by atoms with E-state index in [4.69, 9.17) is 0 Å². The van der Waals surface area contributed by atoms with E-state index >= 15 is 0 Å². The minimum absolute atomic E-state index is 0.834. The molecule has 0 radical (unpaired) electrons. The Morgan fingerprint density at radius 1 is 1.20 bits per heavy atom. The Morgan fingerprint density at radius 2 is 1.87 bits per heavy atom. The summed E-state index contributed by atoms with van der Waals surface area (Å²) in [6, 6.07) is 0.834. The number of rotatable bonds is 6. The standard InChI is InChI=1S/C14H27N/c1-4-10(3)9-13(15-5-2)14-11-7-6-8-12(11)14/h10-15H,4-9H2,1-3H3. The molecule has 4 unspecified atom stereocenters. The predicted octanol–water partition coefficient (Wildman–Crippen LogP) is 3.45. The molecule has 1 nitrogen and oxygen atoms in total. The monoisotopic (exact) mass is 209 g/mol. The van der Waals surface area contributed by atoms with E-state index < -0.39 is 0 Å². The van der Waals surface area contributed by atoms with E-state index in [0.717, 1.165) is 36.3 Å². The van der Waals surface area contributed by atoms with Gasteiger partial charge in [0, 0.05) is 6.04 Å². The summed E-state index contributed by atoms with van der Waals surface area (Å²) in [5, 5.41) is 3.74. The zero-order chi connectivity index (χ0) is 10.8. The maximum Gasteiger partial charge on any atom is 0.0103 e. The van der Waals surface area contributed by atoms with Crippen LogP contribution in [0.2, 0.25) is 0 Å².